The van der Waals surface area contributed by atoms with Crippen molar-refractivity contribution >= 4 is 11.9 Å². The lowest BCUT2D eigenvalue weighted by Crippen LogP contribution is -2.33. The summed E-state index contributed by atoms with van der Waals surface area (Å²) in [5.41, 5.74) is 0.691. The predicted molar refractivity (Wildman–Crippen MR) is 97.3 cm³/mol. The highest BCUT2D eigenvalue weighted by molar-refractivity contribution is 5.79. The van der Waals surface area contributed by atoms with Crippen LogP contribution in [0.1, 0.15) is 31.9 Å². The van der Waals surface area contributed by atoms with Crippen molar-refractivity contribution in [1.29, 1.82) is 0 Å². The molecule has 0 heterocycles. The van der Waals surface area contributed by atoms with E-state index in [0.717, 1.165) is 0 Å². The van der Waals surface area contributed by atoms with Gasteiger partial charge in [-0.15, -0.1) is 0 Å². The van der Waals surface area contributed by atoms with E-state index in [1.54, 1.807) is 48.5 Å². The fraction of sp³-hybridized carbons (Fsp3) is 0.300. The number of carbonyl (C=O) groups excluding carboxylic acids is 1. The molecule has 2 aromatic rings. The standard InChI is InChI=1S/C20H23NO5/c1-14(2)26-17-10-8-15(9-11-17)18(12-20(23)24)21-19(22)13-25-16-6-4-3-5-7-16/h3-11,14,18H,12-13H2,1-2H3,(H,21,22)(H,23,24)/t18-/m0/s1. The molecule has 2 aromatic carbocycles. The van der Waals surface area contributed by atoms with E-state index in [-0.39, 0.29) is 25.0 Å². The van der Waals surface area contributed by atoms with E-state index in [1.807, 2.05) is 19.9 Å². The topological polar surface area (TPSA) is 84.9 Å². The summed E-state index contributed by atoms with van der Waals surface area (Å²) in [6.45, 7) is 3.66. The highest BCUT2D eigenvalue weighted by Crippen LogP contribution is 2.21. The van der Waals surface area contributed by atoms with Crippen LogP contribution in [0.2, 0.25) is 0 Å². The molecule has 0 aliphatic carbocycles. The molecule has 0 spiro atoms. The van der Waals surface area contributed by atoms with Gasteiger partial charge in [-0.25, -0.2) is 0 Å². The van der Waals surface area contributed by atoms with Gasteiger partial charge >= 0.3 is 5.97 Å². The van der Waals surface area contributed by atoms with E-state index in [1.165, 1.54) is 0 Å². The van der Waals surface area contributed by atoms with Crippen molar-refractivity contribution in [2.45, 2.75) is 32.4 Å². The van der Waals surface area contributed by atoms with E-state index < -0.39 is 12.0 Å². The van der Waals surface area contributed by atoms with Gasteiger partial charge in [0.1, 0.15) is 11.5 Å². The minimum absolute atomic E-state index is 0.0468. The number of benzene rings is 2. The lowest BCUT2D eigenvalue weighted by atomic mass is 10.0. The van der Waals surface area contributed by atoms with Gasteiger partial charge in [0.2, 0.25) is 0 Å². The van der Waals surface area contributed by atoms with Crippen LogP contribution in [-0.2, 0) is 9.59 Å². The summed E-state index contributed by atoms with van der Waals surface area (Å²) in [5, 5.41) is 11.8. The Morgan fingerprint density at radius 2 is 1.65 bits per heavy atom. The van der Waals surface area contributed by atoms with Crippen LogP contribution in [0.3, 0.4) is 0 Å². The summed E-state index contributed by atoms with van der Waals surface area (Å²) in [7, 11) is 0. The summed E-state index contributed by atoms with van der Waals surface area (Å²) in [6, 6.07) is 15.3. The van der Waals surface area contributed by atoms with Crippen molar-refractivity contribution in [1.82, 2.24) is 5.32 Å². The molecule has 0 aromatic heterocycles. The second kappa shape index (κ2) is 9.46. The first kappa shape index (κ1) is 19.3. The maximum Gasteiger partial charge on any atom is 0.305 e. The molecule has 26 heavy (non-hydrogen) atoms. The Hall–Kier alpha value is -3.02. The quantitative estimate of drug-likeness (QED) is 0.720. The summed E-state index contributed by atoms with van der Waals surface area (Å²) in [5.74, 6) is -0.117. The largest absolute Gasteiger partial charge is 0.491 e. The Morgan fingerprint density at radius 3 is 2.23 bits per heavy atom. The normalized spacial score (nSPS) is 11.7. The first-order valence-corrected chi connectivity index (χ1v) is 8.39. The van der Waals surface area contributed by atoms with Crippen LogP contribution in [0.25, 0.3) is 0 Å². The highest BCUT2D eigenvalue weighted by atomic mass is 16.5. The Bertz CT molecular complexity index is 713. The maximum atomic E-state index is 12.1. The van der Waals surface area contributed by atoms with Crippen molar-refractivity contribution in [3.05, 3.63) is 60.2 Å². The number of hydrogen-bond acceptors (Lipinski definition) is 4. The molecule has 0 unspecified atom stereocenters. The summed E-state index contributed by atoms with van der Waals surface area (Å²) in [4.78, 5) is 23.3. The molecule has 6 nitrogen and oxygen atoms in total. The van der Waals surface area contributed by atoms with Crippen LogP contribution in [-0.4, -0.2) is 29.7 Å². The predicted octanol–water partition coefficient (Wildman–Crippen LogP) is 3.18. The van der Waals surface area contributed by atoms with Gasteiger partial charge in [0.15, 0.2) is 6.61 Å². The molecular weight excluding hydrogens is 334 g/mol. The van der Waals surface area contributed by atoms with Crippen LogP contribution in [0, 0.1) is 0 Å². The van der Waals surface area contributed by atoms with Crippen molar-refractivity contribution in [3.8, 4) is 11.5 Å². The third-order valence-electron chi connectivity index (χ3n) is 3.48. The molecule has 6 heteroatoms. The lowest BCUT2D eigenvalue weighted by Gasteiger charge is -2.18. The smallest absolute Gasteiger partial charge is 0.305 e. The van der Waals surface area contributed by atoms with Gasteiger partial charge < -0.3 is 19.9 Å². The number of carboxylic acids is 1. The van der Waals surface area contributed by atoms with Gasteiger partial charge in [-0.2, -0.15) is 0 Å². The molecule has 1 atom stereocenters. The zero-order valence-electron chi connectivity index (χ0n) is 14.8. The molecule has 0 radical (unpaired) electrons. The van der Waals surface area contributed by atoms with Gasteiger partial charge in [0.25, 0.3) is 5.91 Å². The van der Waals surface area contributed by atoms with E-state index in [9.17, 15) is 9.59 Å². The highest BCUT2D eigenvalue weighted by Gasteiger charge is 2.18. The first-order valence-electron chi connectivity index (χ1n) is 8.39. The number of hydrogen-bond donors (Lipinski definition) is 2. The number of para-hydroxylation sites is 1. The molecule has 138 valence electrons. The summed E-state index contributed by atoms with van der Waals surface area (Å²) in [6.07, 6.45) is -0.174. The SMILES string of the molecule is CC(C)Oc1ccc([C@H](CC(=O)O)NC(=O)COc2ccccc2)cc1. The van der Waals surface area contributed by atoms with Gasteiger partial charge in [0, 0.05) is 0 Å². The molecule has 0 bridgehead atoms. The van der Waals surface area contributed by atoms with E-state index >= 15 is 0 Å². The van der Waals surface area contributed by atoms with Crippen LogP contribution < -0.4 is 14.8 Å². The van der Waals surface area contributed by atoms with Crippen LogP contribution in [0.5, 0.6) is 11.5 Å². The van der Waals surface area contributed by atoms with E-state index in [2.05, 4.69) is 5.32 Å². The third-order valence-corrected chi connectivity index (χ3v) is 3.48. The molecule has 0 saturated carbocycles. The maximum absolute atomic E-state index is 12.1. The fourth-order valence-electron chi connectivity index (χ4n) is 2.38. The zero-order valence-corrected chi connectivity index (χ0v) is 14.8. The number of nitrogens with one attached hydrogen (secondary N) is 1. The Labute approximate surface area is 152 Å². The Balaban J connectivity index is 1.99. The van der Waals surface area contributed by atoms with Gasteiger partial charge in [-0.1, -0.05) is 30.3 Å². The fourth-order valence-corrected chi connectivity index (χ4v) is 2.38. The second-order valence-electron chi connectivity index (χ2n) is 6.06. The van der Waals surface area contributed by atoms with Crippen molar-refractivity contribution in [2.75, 3.05) is 6.61 Å². The van der Waals surface area contributed by atoms with Gasteiger partial charge in [-0.3, -0.25) is 9.59 Å². The number of amides is 1. The van der Waals surface area contributed by atoms with Gasteiger partial charge in [-0.05, 0) is 43.7 Å². The minimum atomic E-state index is -0.998. The van der Waals surface area contributed by atoms with E-state index in [0.29, 0.717) is 17.1 Å². The van der Waals surface area contributed by atoms with Crippen molar-refractivity contribution in [2.24, 2.45) is 0 Å². The molecule has 2 rings (SSSR count). The molecular formula is C20H23NO5. The molecule has 0 aliphatic rings. The van der Waals surface area contributed by atoms with Crippen molar-refractivity contribution in [3.63, 3.8) is 0 Å². The number of rotatable bonds is 9. The summed E-state index contributed by atoms with van der Waals surface area (Å²) >= 11 is 0. The monoisotopic (exact) mass is 357 g/mol. The molecule has 2 N–H and O–H groups in total. The average Bonchev–Trinajstić information content (AvgIpc) is 2.60. The second-order valence-corrected chi connectivity index (χ2v) is 6.06. The lowest BCUT2D eigenvalue weighted by molar-refractivity contribution is -0.137. The molecule has 0 fully saturated rings. The van der Waals surface area contributed by atoms with Crippen LogP contribution in [0.15, 0.2) is 54.6 Å². The Morgan fingerprint density at radius 1 is 1.00 bits per heavy atom. The van der Waals surface area contributed by atoms with Gasteiger partial charge in [0.05, 0.1) is 18.6 Å². The third kappa shape index (κ3) is 6.47. The van der Waals surface area contributed by atoms with E-state index in [4.69, 9.17) is 14.6 Å². The van der Waals surface area contributed by atoms with Crippen LogP contribution in [0.4, 0.5) is 0 Å². The Kier molecular flexibility index (Phi) is 7.02. The minimum Gasteiger partial charge on any atom is -0.491 e. The average molecular weight is 357 g/mol. The number of ether oxygens (including phenoxy) is 2. The molecule has 0 saturated heterocycles. The molecule has 1 amide bonds. The first-order chi connectivity index (χ1) is 12.4. The number of aliphatic carboxylic acids is 1. The zero-order chi connectivity index (χ0) is 18.9. The molecule has 0 aliphatic heterocycles. The summed E-state index contributed by atoms with van der Waals surface area (Å²) < 4.78 is 11.0. The number of carboxylic acid groups (broad SMARTS) is 1. The number of carbonyl (C=O) groups is 2. The van der Waals surface area contributed by atoms with Crippen LogP contribution >= 0.6 is 0 Å². The van der Waals surface area contributed by atoms with Crippen molar-refractivity contribution < 1.29 is 24.2 Å².